The first kappa shape index (κ1) is 9.10. The van der Waals surface area contributed by atoms with Gasteiger partial charge in [0, 0.05) is 6.54 Å². The molecule has 3 heteroatoms. The molecular weight excluding hydrogens is 150 g/mol. The van der Waals surface area contributed by atoms with Crippen molar-refractivity contribution in [2.45, 2.75) is 27.7 Å². The molecule has 1 heterocycles. The Labute approximate surface area is 73.3 Å². The van der Waals surface area contributed by atoms with E-state index in [1.165, 1.54) is 0 Å². The second-order valence-corrected chi connectivity index (χ2v) is 3.15. The lowest BCUT2D eigenvalue weighted by molar-refractivity contribution is 0.889. The van der Waals surface area contributed by atoms with Gasteiger partial charge >= 0.3 is 0 Å². The van der Waals surface area contributed by atoms with Gasteiger partial charge in [-0.15, -0.1) is 0 Å². The Morgan fingerprint density at radius 1 is 1.33 bits per heavy atom. The van der Waals surface area contributed by atoms with Gasteiger partial charge in [-0.3, -0.25) is 4.99 Å². The molecule has 0 unspecified atom stereocenters. The first-order valence-electron chi connectivity index (χ1n) is 4.34. The summed E-state index contributed by atoms with van der Waals surface area (Å²) in [5.74, 6) is 0.413. The van der Waals surface area contributed by atoms with E-state index >= 15 is 0 Å². The Morgan fingerprint density at radius 3 is 2.50 bits per heavy atom. The monoisotopic (exact) mass is 165 g/mol. The van der Waals surface area contributed by atoms with E-state index in [1.807, 2.05) is 13.8 Å². The fourth-order valence-electron chi connectivity index (χ4n) is 1.15. The predicted molar refractivity (Wildman–Crippen MR) is 53.4 cm³/mol. The summed E-state index contributed by atoms with van der Waals surface area (Å²) in [6.45, 7) is 8.99. The summed E-state index contributed by atoms with van der Waals surface area (Å²) in [6, 6.07) is 0. The van der Waals surface area contributed by atoms with Crippen LogP contribution in [0, 0.1) is 5.92 Å². The SMILES string of the molecule is CCN=C1C(C)=NN=C1C(C)C. The van der Waals surface area contributed by atoms with Crippen LogP contribution in [0.25, 0.3) is 0 Å². The maximum Gasteiger partial charge on any atom is 0.104 e. The minimum Gasteiger partial charge on any atom is -0.282 e. The predicted octanol–water partition coefficient (Wildman–Crippen LogP) is 1.93. The molecule has 3 nitrogen and oxygen atoms in total. The van der Waals surface area contributed by atoms with Crippen LogP contribution in [-0.2, 0) is 0 Å². The molecule has 0 aliphatic carbocycles. The van der Waals surface area contributed by atoms with Crippen molar-refractivity contribution in [2.75, 3.05) is 6.54 Å². The first-order valence-corrected chi connectivity index (χ1v) is 4.34. The summed E-state index contributed by atoms with van der Waals surface area (Å²) in [4.78, 5) is 4.36. The van der Waals surface area contributed by atoms with Gasteiger partial charge in [-0.2, -0.15) is 10.2 Å². The van der Waals surface area contributed by atoms with Crippen LogP contribution >= 0.6 is 0 Å². The molecule has 0 aromatic rings. The minimum absolute atomic E-state index is 0.413. The Morgan fingerprint density at radius 2 is 2.00 bits per heavy atom. The van der Waals surface area contributed by atoms with E-state index in [-0.39, 0.29) is 0 Å². The third kappa shape index (κ3) is 1.60. The van der Waals surface area contributed by atoms with E-state index < -0.39 is 0 Å². The van der Waals surface area contributed by atoms with Crippen molar-refractivity contribution in [1.82, 2.24) is 0 Å². The highest BCUT2D eigenvalue weighted by atomic mass is 15.2. The first-order chi connectivity index (χ1) is 5.66. The molecule has 0 amide bonds. The van der Waals surface area contributed by atoms with E-state index in [9.17, 15) is 0 Å². The van der Waals surface area contributed by atoms with Crippen LogP contribution < -0.4 is 0 Å². The summed E-state index contributed by atoms with van der Waals surface area (Å²) in [5, 5.41) is 8.10. The van der Waals surface area contributed by atoms with Crippen LogP contribution in [0.3, 0.4) is 0 Å². The van der Waals surface area contributed by atoms with Gasteiger partial charge in [0.05, 0.1) is 11.4 Å². The Hall–Kier alpha value is -0.990. The fourth-order valence-corrected chi connectivity index (χ4v) is 1.15. The Kier molecular flexibility index (Phi) is 2.74. The lowest BCUT2D eigenvalue weighted by atomic mass is 10.0. The van der Waals surface area contributed by atoms with Crippen LogP contribution in [0.4, 0.5) is 0 Å². The smallest absolute Gasteiger partial charge is 0.104 e. The highest BCUT2D eigenvalue weighted by molar-refractivity contribution is 6.70. The van der Waals surface area contributed by atoms with Gasteiger partial charge in [0.1, 0.15) is 5.71 Å². The largest absolute Gasteiger partial charge is 0.282 e. The summed E-state index contributed by atoms with van der Waals surface area (Å²) >= 11 is 0. The van der Waals surface area contributed by atoms with Crippen molar-refractivity contribution in [3.05, 3.63) is 0 Å². The average Bonchev–Trinajstić information content (AvgIpc) is 2.34. The molecule has 0 N–H and O–H groups in total. The molecule has 66 valence electrons. The average molecular weight is 165 g/mol. The van der Waals surface area contributed by atoms with Crippen molar-refractivity contribution in [2.24, 2.45) is 21.1 Å². The maximum absolute atomic E-state index is 4.36. The molecule has 0 bridgehead atoms. The van der Waals surface area contributed by atoms with E-state index in [0.29, 0.717) is 5.92 Å². The van der Waals surface area contributed by atoms with E-state index in [0.717, 1.165) is 23.7 Å². The van der Waals surface area contributed by atoms with Gasteiger partial charge < -0.3 is 0 Å². The summed E-state index contributed by atoms with van der Waals surface area (Å²) in [5.41, 5.74) is 2.96. The zero-order valence-corrected chi connectivity index (χ0v) is 8.13. The van der Waals surface area contributed by atoms with Crippen LogP contribution in [0.15, 0.2) is 15.2 Å². The number of hydrogen-bond acceptors (Lipinski definition) is 3. The van der Waals surface area contributed by atoms with Crippen LogP contribution in [0.1, 0.15) is 27.7 Å². The lowest BCUT2D eigenvalue weighted by Crippen LogP contribution is -2.22. The quantitative estimate of drug-likeness (QED) is 0.599. The van der Waals surface area contributed by atoms with Gasteiger partial charge in [-0.25, -0.2) is 0 Å². The third-order valence-corrected chi connectivity index (χ3v) is 1.76. The molecule has 0 atom stereocenters. The van der Waals surface area contributed by atoms with E-state index in [2.05, 4.69) is 29.0 Å². The second kappa shape index (κ2) is 3.61. The molecule has 1 aliphatic heterocycles. The topological polar surface area (TPSA) is 37.1 Å². The number of hydrogen-bond donors (Lipinski definition) is 0. The fraction of sp³-hybridized carbons (Fsp3) is 0.667. The standard InChI is InChI=1S/C9H15N3/c1-5-10-9-7(4)11-12-8(9)6(2)3/h6H,5H2,1-4H3. The molecule has 1 rings (SSSR count). The second-order valence-electron chi connectivity index (χ2n) is 3.15. The number of aliphatic imine (C=N–C) groups is 1. The number of nitrogens with zero attached hydrogens (tertiary/aromatic N) is 3. The van der Waals surface area contributed by atoms with Gasteiger partial charge in [0.25, 0.3) is 0 Å². The third-order valence-electron chi connectivity index (χ3n) is 1.76. The zero-order chi connectivity index (χ0) is 9.14. The molecule has 0 fully saturated rings. The lowest BCUT2D eigenvalue weighted by Gasteiger charge is -2.04. The Balaban J connectivity index is 2.89. The molecule has 0 saturated heterocycles. The van der Waals surface area contributed by atoms with E-state index in [1.54, 1.807) is 0 Å². The van der Waals surface area contributed by atoms with Gasteiger partial charge in [-0.1, -0.05) is 13.8 Å². The van der Waals surface area contributed by atoms with Crippen LogP contribution in [-0.4, -0.2) is 23.7 Å². The molecule has 1 aliphatic rings. The van der Waals surface area contributed by atoms with Crippen LogP contribution in [0.2, 0.25) is 0 Å². The Bertz CT molecular complexity index is 259. The van der Waals surface area contributed by atoms with Gasteiger partial charge in [0.2, 0.25) is 0 Å². The van der Waals surface area contributed by atoms with Crippen molar-refractivity contribution < 1.29 is 0 Å². The molecule has 0 aromatic heterocycles. The van der Waals surface area contributed by atoms with Crippen molar-refractivity contribution in [3.8, 4) is 0 Å². The zero-order valence-electron chi connectivity index (χ0n) is 8.13. The highest BCUT2D eigenvalue weighted by Gasteiger charge is 2.20. The molecule has 0 spiro atoms. The van der Waals surface area contributed by atoms with E-state index in [4.69, 9.17) is 0 Å². The van der Waals surface area contributed by atoms with Crippen molar-refractivity contribution >= 4 is 17.1 Å². The summed E-state index contributed by atoms with van der Waals surface area (Å²) in [7, 11) is 0. The molecule has 0 radical (unpaired) electrons. The number of rotatable bonds is 2. The molecular formula is C9H15N3. The van der Waals surface area contributed by atoms with Crippen molar-refractivity contribution in [3.63, 3.8) is 0 Å². The van der Waals surface area contributed by atoms with Crippen molar-refractivity contribution in [1.29, 1.82) is 0 Å². The normalized spacial score (nSPS) is 20.2. The van der Waals surface area contributed by atoms with Crippen LogP contribution in [0.5, 0.6) is 0 Å². The minimum atomic E-state index is 0.413. The van der Waals surface area contributed by atoms with Gasteiger partial charge in [-0.05, 0) is 19.8 Å². The van der Waals surface area contributed by atoms with Gasteiger partial charge in [0.15, 0.2) is 0 Å². The summed E-state index contributed by atoms with van der Waals surface area (Å²) < 4.78 is 0. The molecule has 0 saturated carbocycles. The summed E-state index contributed by atoms with van der Waals surface area (Å²) in [6.07, 6.45) is 0. The maximum atomic E-state index is 4.36. The highest BCUT2D eigenvalue weighted by Crippen LogP contribution is 2.08. The molecule has 0 aromatic carbocycles. The molecule has 12 heavy (non-hydrogen) atoms.